The molecular formula is C24H39IN4O2. The van der Waals surface area contributed by atoms with Crippen molar-refractivity contribution in [2.24, 2.45) is 10.9 Å². The molecule has 1 saturated carbocycles. The Morgan fingerprint density at radius 3 is 2.45 bits per heavy atom. The third kappa shape index (κ3) is 8.96. The summed E-state index contributed by atoms with van der Waals surface area (Å²) < 4.78 is 6.22. The van der Waals surface area contributed by atoms with Crippen LogP contribution in [0.5, 0.6) is 0 Å². The molecule has 1 heterocycles. The number of ether oxygens (including phenoxy) is 1. The predicted octanol–water partition coefficient (Wildman–Crippen LogP) is 3.55. The van der Waals surface area contributed by atoms with E-state index >= 15 is 0 Å². The number of nitrogens with zero attached hydrogens (tertiary/aromatic N) is 3. The third-order valence-electron chi connectivity index (χ3n) is 6.19. The van der Waals surface area contributed by atoms with Gasteiger partial charge in [-0.05, 0) is 43.6 Å². The zero-order valence-corrected chi connectivity index (χ0v) is 21.4. The van der Waals surface area contributed by atoms with E-state index in [0.717, 1.165) is 57.4 Å². The SMILES string of the molecule is CN(C)C(=O)CN=C(NCCc1ccccc1)N1CCC(OCC2CCCC2)CC1.I. The molecule has 1 aromatic rings. The van der Waals surface area contributed by atoms with Gasteiger partial charge in [-0.25, -0.2) is 4.99 Å². The van der Waals surface area contributed by atoms with Crippen molar-refractivity contribution in [2.45, 2.75) is 51.0 Å². The molecule has 174 valence electrons. The standard InChI is InChI=1S/C24H38N4O2.HI/c1-27(2)23(29)18-26-24(25-15-12-20-8-4-3-5-9-20)28-16-13-22(14-17-28)30-19-21-10-6-7-11-21;/h3-5,8-9,21-22H,6-7,10-19H2,1-2H3,(H,25,26);1H. The molecule has 7 heteroatoms. The summed E-state index contributed by atoms with van der Waals surface area (Å²) in [6.45, 7) is 3.75. The summed E-state index contributed by atoms with van der Waals surface area (Å²) in [6, 6.07) is 10.4. The highest BCUT2D eigenvalue weighted by molar-refractivity contribution is 14.0. The van der Waals surface area contributed by atoms with Gasteiger partial charge in [0.15, 0.2) is 5.96 Å². The normalized spacial score (nSPS) is 18.0. The maximum Gasteiger partial charge on any atom is 0.243 e. The van der Waals surface area contributed by atoms with Gasteiger partial charge in [0.25, 0.3) is 0 Å². The highest BCUT2D eigenvalue weighted by Gasteiger charge is 2.24. The number of halogens is 1. The fraction of sp³-hybridized carbons (Fsp3) is 0.667. The molecular weight excluding hydrogens is 503 g/mol. The van der Waals surface area contributed by atoms with Crippen LogP contribution in [-0.2, 0) is 16.0 Å². The second-order valence-corrected chi connectivity index (χ2v) is 8.76. The highest BCUT2D eigenvalue weighted by atomic mass is 127. The van der Waals surface area contributed by atoms with Crippen molar-refractivity contribution in [3.63, 3.8) is 0 Å². The van der Waals surface area contributed by atoms with Gasteiger partial charge in [-0.1, -0.05) is 43.2 Å². The van der Waals surface area contributed by atoms with E-state index in [0.29, 0.717) is 6.10 Å². The van der Waals surface area contributed by atoms with E-state index in [1.54, 1.807) is 19.0 Å². The first-order valence-electron chi connectivity index (χ1n) is 11.5. The molecule has 1 saturated heterocycles. The number of carbonyl (C=O) groups excluding carboxylic acids is 1. The molecule has 1 N–H and O–H groups in total. The fourth-order valence-electron chi connectivity index (χ4n) is 4.20. The summed E-state index contributed by atoms with van der Waals surface area (Å²) in [5.74, 6) is 1.64. The van der Waals surface area contributed by atoms with E-state index < -0.39 is 0 Å². The molecule has 2 fully saturated rings. The Kier molecular flexibility index (Phi) is 11.6. The second kappa shape index (κ2) is 13.9. The van der Waals surface area contributed by atoms with Crippen LogP contribution < -0.4 is 5.32 Å². The van der Waals surface area contributed by atoms with E-state index in [9.17, 15) is 4.79 Å². The molecule has 1 amide bonds. The smallest absolute Gasteiger partial charge is 0.243 e. The topological polar surface area (TPSA) is 57.2 Å². The van der Waals surface area contributed by atoms with Gasteiger partial charge >= 0.3 is 0 Å². The summed E-state index contributed by atoms with van der Waals surface area (Å²) in [7, 11) is 3.54. The number of hydrogen-bond donors (Lipinski definition) is 1. The van der Waals surface area contributed by atoms with Crippen molar-refractivity contribution in [3.05, 3.63) is 35.9 Å². The van der Waals surface area contributed by atoms with Gasteiger partial charge in [0.1, 0.15) is 6.54 Å². The first kappa shape index (κ1) is 25.9. The number of likely N-dealkylation sites (N-methyl/N-ethyl adjacent to an activating group) is 1. The molecule has 3 rings (SSSR count). The fourth-order valence-corrected chi connectivity index (χ4v) is 4.20. The number of piperidine rings is 1. The van der Waals surface area contributed by atoms with Crippen LogP contribution >= 0.6 is 24.0 Å². The summed E-state index contributed by atoms with van der Waals surface area (Å²) in [4.78, 5) is 20.5. The van der Waals surface area contributed by atoms with Gasteiger partial charge < -0.3 is 19.9 Å². The minimum absolute atomic E-state index is 0. The number of hydrogen-bond acceptors (Lipinski definition) is 3. The molecule has 1 aromatic carbocycles. The number of rotatable bonds is 8. The van der Waals surface area contributed by atoms with Crippen molar-refractivity contribution in [3.8, 4) is 0 Å². The largest absolute Gasteiger partial charge is 0.378 e. The van der Waals surface area contributed by atoms with Gasteiger partial charge in [0.05, 0.1) is 6.10 Å². The Morgan fingerprint density at radius 1 is 1.13 bits per heavy atom. The number of benzene rings is 1. The molecule has 0 aromatic heterocycles. The lowest BCUT2D eigenvalue weighted by Crippen LogP contribution is -2.48. The zero-order valence-electron chi connectivity index (χ0n) is 19.1. The minimum Gasteiger partial charge on any atom is -0.378 e. The summed E-state index contributed by atoms with van der Waals surface area (Å²) in [5, 5.41) is 3.49. The first-order chi connectivity index (χ1) is 14.6. The average molecular weight is 543 g/mol. The van der Waals surface area contributed by atoms with Crippen molar-refractivity contribution in [1.82, 2.24) is 15.1 Å². The zero-order chi connectivity index (χ0) is 21.2. The van der Waals surface area contributed by atoms with Gasteiger partial charge in [0.2, 0.25) is 5.91 Å². The molecule has 0 unspecified atom stereocenters. The van der Waals surface area contributed by atoms with Gasteiger partial charge in [-0.3, -0.25) is 4.79 Å². The van der Waals surface area contributed by atoms with Crippen LogP contribution in [0.1, 0.15) is 44.1 Å². The molecule has 31 heavy (non-hydrogen) atoms. The summed E-state index contributed by atoms with van der Waals surface area (Å²) >= 11 is 0. The van der Waals surface area contributed by atoms with Crippen molar-refractivity contribution >= 4 is 35.8 Å². The summed E-state index contributed by atoms with van der Waals surface area (Å²) in [5.41, 5.74) is 1.30. The van der Waals surface area contributed by atoms with Crippen LogP contribution in [0.3, 0.4) is 0 Å². The number of guanidine groups is 1. The lowest BCUT2D eigenvalue weighted by molar-refractivity contribution is -0.127. The lowest BCUT2D eigenvalue weighted by atomic mass is 10.1. The Labute approximate surface area is 204 Å². The third-order valence-corrected chi connectivity index (χ3v) is 6.19. The lowest BCUT2D eigenvalue weighted by Gasteiger charge is -2.34. The Bertz CT molecular complexity index is 669. The van der Waals surface area contributed by atoms with Gasteiger partial charge in [-0.15, -0.1) is 24.0 Å². The van der Waals surface area contributed by atoms with Crippen LogP contribution in [0.15, 0.2) is 35.3 Å². The number of aliphatic imine (C=N–C) groups is 1. The maximum atomic E-state index is 12.0. The predicted molar refractivity (Wildman–Crippen MR) is 137 cm³/mol. The Morgan fingerprint density at radius 2 is 1.81 bits per heavy atom. The van der Waals surface area contributed by atoms with E-state index in [1.165, 1.54) is 31.2 Å². The van der Waals surface area contributed by atoms with Crippen LogP contribution in [0.4, 0.5) is 0 Å². The molecule has 0 bridgehead atoms. The van der Waals surface area contributed by atoms with Crippen LogP contribution in [0, 0.1) is 5.92 Å². The second-order valence-electron chi connectivity index (χ2n) is 8.76. The van der Waals surface area contributed by atoms with E-state index in [1.807, 2.05) is 6.07 Å². The molecule has 2 aliphatic rings. The monoisotopic (exact) mass is 542 g/mol. The minimum atomic E-state index is 0. The number of nitrogens with one attached hydrogen (secondary N) is 1. The van der Waals surface area contributed by atoms with Crippen LogP contribution in [0.25, 0.3) is 0 Å². The van der Waals surface area contributed by atoms with Crippen molar-refractivity contribution in [2.75, 3.05) is 46.9 Å². The molecule has 6 nitrogen and oxygen atoms in total. The van der Waals surface area contributed by atoms with Crippen molar-refractivity contribution in [1.29, 1.82) is 0 Å². The maximum absolute atomic E-state index is 12.0. The molecule has 1 aliphatic carbocycles. The Balaban J connectivity index is 0.00000341. The number of carbonyl (C=O) groups is 1. The van der Waals surface area contributed by atoms with Gasteiger partial charge in [0, 0.05) is 40.3 Å². The number of likely N-dealkylation sites (tertiary alicyclic amines) is 1. The Hall–Kier alpha value is -1.35. The van der Waals surface area contributed by atoms with Crippen LogP contribution in [0.2, 0.25) is 0 Å². The summed E-state index contributed by atoms with van der Waals surface area (Å²) in [6.07, 6.45) is 8.74. The van der Waals surface area contributed by atoms with E-state index in [-0.39, 0.29) is 36.4 Å². The molecule has 0 atom stereocenters. The van der Waals surface area contributed by atoms with Crippen LogP contribution in [-0.4, -0.2) is 74.7 Å². The van der Waals surface area contributed by atoms with Gasteiger partial charge in [-0.2, -0.15) is 0 Å². The van der Waals surface area contributed by atoms with E-state index in [2.05, 4.69) is 39.5 Å². The molecule has 0 radical (unpaired) electrons. The molecule has 0 spiro atoms. The molecule has 1 aliphatic heterocycles. The highest BCUT2D eigenvalue weighted by Crippen LogP contribution is 2.26. The quantitative estimate of drug-likeness (QED) is 0.310. The number of amides is 1. The van der Waals surface area contributed by atoms with E-state index in [4.69, 9.17) is 4.74 Å². The average Bonchev–Trinajstić information content (AvgIpc) is 3.29. The first-order valence-corrected chi connectivity index (χ1v) is 11.5. The van der Waals surface area contributed by atoms with Crippen molar-refractivity contribution < 1.29 is 9.53 Å².